The van der Waals surface area contributed by atoms with Gasteiger partial charge in [0.05, 0.1) is 39.7 Å². The van der Waals surface area contributed by atoms with Gasteiger partial charge in [0.15, 0.2) is 11.5 Å². The number of methoxy groups -OCH3 is 4. The van der Waals surface area contributed by atoms with Crippen LogP contribution in [-0.2, 0) is 19.4 Å². The van der Waals surface area contributed by atoms with E-state index in [9.17, 15) is 4.79 Å². The molecule has 0 bridgehead atoms. The van der Waals surface area contributed by atoms with E-state index in [2.05, 4.69) is 17.6 Å². The van der Waals surface area contributed by atoms with Crippen LogP contribution in [-0.4, -0.2) is 34.3 Å². The number of benzene rings is 2. The van der Waals surface area contributed by atoms with E-state index in [0.29, 0.717) is 46.7 Å². The third kappa shape index (κ3) is 5.03. The van der Waals surface area contributed by atoms with Crippen molar-refractivity contribution in [2.75, 3.05) is 39.1 Å². The van der Waals surface area contributed by atoms with Crippen molar-refractivity contribution in [3.63, 3.8) is 0 Å². The van der Waals surface area contributed by atoms with E-state index in [4.69, 9.17) is 18.9 Å². The van der Waals surface area contributed by atoms with Crippen molar-refractivity contribution in [1.29, 1.82) is 0 Å². The Bertz CT molecular complexity index is 1210. The summed E-state index contributed by atoms with van der Waals surface area (Å²) >= 11 is 1.66. The third-order valence-electron chi connectivity index (χ3n) is 6.32. The molecule has 1 atom stereocenters. The van der Waals surface area contributed by atoms with Crippen LogP contribution >= 0.6 is 11.3 Å². The molecule has 4 rings (SSSR count). The number of hydrogen-bond acceptors (Lipinski definition) is 7. The van der Waals surface area contributed by atoms with Crippen LogP contribution in [0.1, 0.15) is 39.7 Å². The lowest BCUT2D eigenvalue weighted by atomic mass is 9.88. The predicted octanol–water partition coefficient (Wildman–Crippen LogP) is 5.77. The van der Waals surface area contributed by atoms with Crippen molar-refractivity contribution >= 4 is 27.9 Å². The summed E-state index contributed by atoms with van der Waals surface area (Å²) in [5, 5.41) is 7.43. The van der Waals surface area contributed by atoms with Gasteiger partial charge in [-0.1, -0.05) is 19.1 Å². The highest BCUT2D eigenvalue weighted by atomic mass is 32.1. The molecule has 3 aromatic rings. The van der Waals surface area contributed by atoms with E-state index in [1.54, 1.807) is 39.8 Å². The van der Waals surface area contributed by atoms with E-state index < -0.39 is 0 Å². The first-order chi connectivity index (χ1) is 17.0. The standard InChI is InChI=1S/C27H32N2O5S/c1-16-10-12-18-22(14-16)35-27(23(18)26(30)29-19-8-6-7-9-20(19)31-2)28-15-17-11-13-21(32-3)25(34-5)24(17)33-4/h6-9,11,13,16,28H,10,12,14-15H2,1-5H3,(H,29,30)/t16-/m1/s1. The van der Waals surface area contributed by atoms with Crippen LogP contribution in [0.25, 0.3) is 0 Å². The average Bonchev–Trinajstić information content (AvgIpc) is 3.24. The highest BCUT2D eigenvalue weighted by molar-refractivity contribution is 7.16. The Morgan fingerprint density at radius 2 is 1.71 bits per heavy atom. The van der Waals surface area contributed by atoms with Gasteiger partial charge in [-0.3, -0.25) is 4.79 Å². The van der Waals surface area contributed by atoms with Crippen LogP contribution in [0.5, 0.6) is 23.0 Å². The summed E-state index contributed by atoms with van der Waals surface area (Å²) in [5.74, 6) is 2.85. The molecule has 8 heteroatoms. The monoisotopic (exact) mass is 496 g/mol. The number of ether oxygens (including phenoxy) is 4. The molecule has 0 saturated carbocycles. The van der Waals surface area contributed by atoms with Crippen molar-refractivity contribution in [3.8, 4) is 23.0 Å². The molecule has 1 aromatic heterocycles. The molecule has 7 nitrogen and oxygen atoms in total. The molecule has 0 aliphatic heterocycles. The Morgan fingerprint density at radius 3 is 2.43 bits per heavy atom. The van der Waals surface area contributed by atoms with Crippen LogP contribution in [0.3, 0.4) is 0 Å². The van der Waals surface area contributed by atoms with Crippen molar-refractivity contribution in [1.82, 2.24) is 0 Å². The molecule has 35 heavy (non-hydrogen) atoms. The van der Waals surface area contributed by atoms with Crippen LogP contribution in [0.2, 0.25) is 0 Å². The van der Waals surface area contributed by atoms with Crippen molar-refractivity contribution in [2.24, 2.45) is 5.92 Å². The first kappa shape index (κ1) is 24.7. The summed E-state index contributed by atoms with van der Waals surface area (Å²) in [6.45, 7) is 2.73. The minimum absolute atomic E-state index is 0.136. The van der Waals surface area contributed by atoms with Crippen molar-refractivity contribution < 1.29 is 23.7 Å². The molecular formula is C27H32N2O5S. The summed E-state index contributed by atoms with van der Waals surface area (Å²) in [7, 11) is 6.39. The highest BCUT2D eigenvalue weighted by Gasteiger charge is 2.28. The molecule has 0 radical (unpaired) electrons. The summed E-state index contributed by atoms with van der Waals surface area (Å²) in [6, 6.07) is 11.2. The largest absolute Gasteiger partial charge is 0.495 e. The van der Waals surface area contributed by atoms with Gasteiger partial charge in [0.2, 0.25) is 5.75 Å². The molecular weight excluding hydrogens is 464 g/mol. The number of thiophene rings is 1. The molecule has 0 fully saturated rings. The second kappa shape index (κ2) is 10.9. The number of nitrogens with one attached hydrogen (secondary N) is 2. The smallest absolute Gasteiger partial charge is 0.259 e. The number of carbonyl (C=O) groups excluding carboxylic acids is 1. The minimum atomic E-state index is -0.136. The Kier molecular flexibility index (Phi) is 7.70. The number of hydrogen-bond donors (Lipinski definition) is 2. The first-order valence-electron chi connectivity index (χ1n) is 11.6. The first-order valence-corrected chi connectivity index (χ1v) is 12.4. The molecule has 0 spiro atoms. The van der Waals surface area contributed by atoms with E-state index in [0.717, 1.165) is 35.4 Å². The molecule has 1 amide bonds. The predicted molar refractivity (Wildman–Crippen MR) is 140 cm³/mol. The molecule has 0 saturated heterocycles. The fourth-order valence-corrected chi connectivity index (χ4v) is 5.93. The number of anilines is 2. The summed E-state index contributed by atoms with van der Waals surface area (Å²) in [4.78, 5) is 14.8. The van der Waals surface area contributed by atoms with E-state index >= 15 is 0 Å². The van der Waals surface area contributed by atoms with E-state index in [1.807, 2.05) is 36.4 Å². The average molecular weight is 497 g/mol. The van der Waals surface area contributed by atoms with Gasteiger partial charge < -0.3 is 29.6 Å². The number of amides is 1. The number of para-hydroxylation sites is 2. The Labute approximate surface area is 210 Å². The summed E-state index contributed by atoms with van der Waals surface area (Å²) in [6.07, 6.45) is 2.95. The lowest BCUT2D eigenvalue weighted by Crippen LogP contribution is -2.18. The van der Waals surface area contributed by atoms with Gasteiger partial charge in [-0.15, -0.1) is 11.3 Å². The Morgan fingerprint density at radius 1 is 0.971 bits per heavy atom. The van der Waals surface area contributed by atoms with E-state index in [-0.39, 0.29) is 5.91 Å². The van der Waals surface area contributed by atoms with Gasteiger partial charge in [-0.05, 0) is 55.0 Å². The zero-order chi connectivity index (χ0) is 24.9. The quantitative estimate of drug-likeness (QED) is 0.392. The van der Waals surface area contributed by atoms with Gasteiger partial charge in [0, 0.05) is 17.0 Å². The maximum absolute atomic E-state index is 13.6. The molecule has 1 heterocycles. The van der Waals surface area contributed by atoms with Crippen LogP contribution in [0.4, 0.5) is 10.7 Å². The zero-order valence-electron chi connectivity index (χ0n) is 20.8. The van der Waals surface area contributed by atoms with Crippen LogP contribution in [0.15, 0.2) is 36.4 Å². The Hall–Kier alpha value is -3.39. The molecule has 1 aliphatic carbocycles. The molecule has 2 N–H and O–H groups in total. The SMILES string of the molecule is COc1ccccc1NC(=O)c1c(NCc2ccc(OC)c(OC)c2OC)sc2c1CC[C@@H](C)C2. The molecule has 0 unspecified atom stereocenters. The lowest BCUT2D eigenvalue weighted by Gasteiger charge is -2.19. The molecule has 1 aliphatic rings. The molecule has 186 valence electrons. The van der Waals surface area contributed by atoms with Crippen LogP contribution in [0, 0.1) is 5.92 Å². The van der Waals surface area contributed by atoms with Gasteiger partial charge in [-0.2, -0.15) is 0 Å². The number of rotatable bonds is 9. The second-order valence-electron chi connectivity index (χ2n) is 8.56. The third-order valence-corrected chi connectivity index (χ3v) is 7.53. The van der Waals surface area contributed by atoms with Crippen molar-refractivity contribution in [3.05, 3.63) is 58.0 Å². The normalized spacial score (nSPS) is 14.6. The van der Waals surface area contributed by atoms with Gasteiger partial charge in [0.1, 0.15) is 10.8 Å². The maximum Gasteiger partial charge on any atom is 0.259 e. The van der Waals surface area contributed by atoms with Gasteiger partial charge in [-0.25, -0.2) is 0 Å². The topological polar surface area (TPSA) is 78.1 Å². The maximum atomic E-state index is 13.6. The Balaban J connectivity index is 1.66. The van der Waals surface area contributed by atoms with E-state index in [1.165, 1.54) is 4.88 Å². The number of carbonyl (C=O) groups is 1. The summed E-state index contributed by atoms with van der Waals surface area (Å²) in [5.41, 5.74) is 3.40. The van der Waals surface area contributed by atoms with Gasteiger partial charge >= 0.3 is 0 Å². The number of fused-ring (bicyclic) bond motifs is 1. The zero-order valence-corrected chi connectivity index (χ0v) is 21.6. The fourth-order valence-electron chi connectivity index (χ4n) is 4.53. The highest BCUT2D eigenvalue weighted by Crippen LogP contribution is 2.43. The fraction of sp³-hybridized carbons (Fsp3) is 0.370. The van der Waals surface area contributed by atoms with Crippen molar-refractivity contribution in [2.45, 2.75) is 32.7 Å². The van der Waals surface area contributed by atoms with Gasteiger partial charge in [0.25, 0.3) is 5.91 Å². The lowest BCUT2D eigenvalue weighted by molar-refractivity contribution is 0.102. The second-order valence-corrected chi connectivity index (χ2v) is 9.66. The molecule has 2 aromatic carbocycles. The summed E-state index contributed by atoms with van der Waals surface area (Å²) < 4.78 is 22.0. The minimum Gasteiger partial charge on any atom is -0.495 e. The van der Waals surface area contributed by atoms with Crippen LogP contribution < -0.4 is 29.6 Å².